The summed E-state index contributed by atoms with van der Waals surface area (Å²) in [5.74, 6) is -2.66. The van der Waals surface area contributed by atoms with Crippen molar-refractivity contribution < 1.29 is 32.7 Å². The second-order valence-electron chi connectivity index (χ2n) is 8.33. The van der Waals surface area contributed by atoms with Gasteiger partial charge < -0.3 is 10.4 Å². The van der Waals surface area contributed by atoms with Gasteiger partial charge in [0, 0.05) is 22.1 Å². The van der Waals surface area contributed by atoms with E-state index in [0.717, 1.165) is 12.1 Å². The van der Waals surface area contributed by atoms with Gasteiger partial charge in [0.25, 0.3) is 11.7 Å². The standard InChI is InChI=1S/C22H21F3N2O4S/c1-11(26-19(29)15-10-9-14(32-15)18(28)22(23,24)25)16-12-7-5-6-8-13(12)27(20(30)31)17(16)21(2,3)4/h5-11H,1-4H3,(H,26,29)(H,30,31). The number of fused-ring (bicyclic) bond motifs is 1. The van der Waals surface area contributed by atoms with E-state index in [9.17, 15) is 32.7 Å². The van der Waals surface area contributed by atoms with Crippen LogP contribution < -0.4 is 5.32 Å². The van der Waals surface area contributed by atoms with Gasteiger partial charge in [0.1, 0.15) is 0 Å². The molecule has 0 bridgehead atoms. The minimum Gasteiger partial charge on any atom is -0.464 e. The van der Waals surface area contributed by atoms with Crippen LogP contribution in [0.1, 0.15) is 64.3 Å². The van der Waals surface area contributed by atoms with Crippen LogP contribution in [0, 0.1) is 0 Å². The number of alkyl halides is 3. The van der Waals surface area contributed by atoms with Gasteiger partial charge in [-0.25, -0.2) is 9.36 Å². The van der Waals surface area contributed by atoms with Gasteiger partial charge in [-0.3, -0.25) is 9.59 Å². The number of thiophene rings is 1. The first kappa shape index (κ1) is 23.5. The van der Waals surface area contributed by atoms with E-state index in [2.05, 4.69) is 5.32 Å². The van der Waals surface area contributed by atoms with Gasteiger partial charge >= 0.3 is 12.3 Å². The van der Waals surface area contributed by atoms with Gasteiger partial charge in [0.15, 0.2) is 0 Å². The van der Waals surface area contributed by atoms with Crippen molar-refractivity contribution in [3.63, 3.8) is 0 Å². The van der Waals surface area contributed by atoms with Gasteiger partial charge in [-0.05, 0) is 25.1 Å². The fraction of sp³-hybridized carbons (Fsp3) is 0.318. The van der Waals surface area contributed by atoms with Gasteiger partial charge in [-0.2, -0.15) is 13.2 Å². The lowest BCUT2D eigenvalue weighted by atomic mass is 9.86. The largest absolute Gasteiger partial charge is 0.464 e. The Labute approximate surface area is 185 Å². The van der Waals surface area contributed by atoms with Crippen LogP contribution in [-0.4, -0.2) is 33.6 Å². The van der Waals surface area contributed by atoms with Crippen molar-refractivity contribution in [2.75, 3.05) is 0 Å². The van der Waals surface area contributed by atoms with E-state index >= 15 is 0 Å². The number of carboxylic acid groups (broad SMARTS) is 1. The Balaban J connectivity index is 2.02. The van der Waals surface area contributed by atoms with E-state index in [0.29, 0.717) is 33.5 Å². The molecule has 10 heteroatoms. The average Bonchev–Trinajstić information content (AvgIpc) is 3.29. The first-order chi connectivity index (χ1) is 14.7. The molecule has 0 aliphatic carbocycles. The summed E-state index contributed by atoms with van der Waals surface area (Å²) in [5.41, 5.74) is 0.973. The highest BCUT2D eigenvalue weighted by atomic mass is 32.1. The maximum absolute atomic E-state index is 12.7. The summed E-state index contributed by atoms with van der Waals surface area (Å²) >= 11 is 0.456. The number of carbonyl (C=O) groups excluding carboxylic acids is 2. The molecule has 6 nitrogen and oxygen atoms in total. The molecule has 1 aromatic carbocycles. The van der Waals surface area contributed by atoms with Crippen LogP contribution in [0.5, 0.6) is 0 Å². The number of hydrogen-bond acceptors (Lipinski definition) is 4. The molecule has 2 aromatic heterocycles. The predicted molar refractivity (Wildman–Crippen MR) is 115 cm³/mol. The first-order valence-corrected chi connectivity index (χ1v) is 10.4. The molecule has 1 amide bonds. The van der Waals surface area contributed by atoms with Gasteiger partial charge in [-0.1, -0.05) is 39.0 Å². The van der Waals surface area contributed by atoms with E-state index in [1.165, 1.54) is 4.57 Å². The Kier molecular flexibility index (Phi) is 5.94. The maximum atomic E-state index is 12.7. The lowest BCUT2D eigenvalue weighted by Crippen LogP contribution is -2.29. The Bertz CT molecular complexity index is 1220. The number of nitrogens with zero attached hydrogens (tertiary/aromatic N) is 1. The number of rotatable bonds is 4. The minimum absolute atomic E-state index is 0.0521. The molecule has 0 aliphatic rings. The Hall–Kier alpha value is -3.14. The normalized spacial score (nSPS) is 13.2. The monoisotopic (exact) mass is 466 g/mol. The molecular weight excluding hydrogens is 445 g/mol. The number of Topliss-reactive ketones (excluding diaryl/α,β-unsaturated/α-hetero) is 1. The molecule has 170 valence electrons. The van der Waals surface area contributed by atoms with Gasteiger partial charge in [0.2, 0.25) is 0 Å². The van der Waals surface area contributed by atoms with Crippen molar-refractivity contribution in [1.29, 1.82) is 0 Å². The number of hydrogen-bond donors (Lipinski definition) is 2. The maximum Gasteiger partial charge on any atom is 0.455 e. The van der Waals surface area contributed by atoms with Crippen LogP contribution in [-0.2, 0) is 5.41 Å². The number of benzene rings is 1. The molecule has 1 atom stereocenters. The topological polar surface area (TPSA) is 88.4 Å². The summed E-state index contributed by atoms with van der Waals surface area (Å²) in [6, 6.07) is 8.37. The molecule has 0 spiro atoms. The fourth-order valence-corrected chi connectivity index (χ4v) is 4.57. The molecule has 0 saturated heterocycles. The van der Waals surface area contributed by atoms with Crippen molar-refractivity contribution in [3.05, 3.63) is 57.4 Å². The lowest BCUT2D eigenvalue weighted by Gasteiger charge is -2.25. The zero-order chi connectivity index (χ0) is 24.0. The number of amides is 1. The van der Waals surface area contributed by atoms with Crippen LogP contribution in [0.15, 0.2) is 36.4 Å². The van der Waals surface area contributed by atoms with Crippen LogP contribution in [0.4, 0.5) is 18.0 Å². The fourth-order valence-electron chi connectivity index (χ4n) is 3.70. The second kappa shape index (κ2) is 8.09. The SMILES string of the molecule is CC(NC(=O)c1ccc(C(=O)C(F)(F)F)s1)c1c(C(C)(C)C)n(C(=O)O)c2ccccc12. The number of halogens is 3. The van der Waals surface area contributed by atoms with Crippen molar-refractivity contribution >= 4 is 40.0 Å². The van der Waals surface area contributed by atoms with E-state index in [4.69, 9.17) is 0 Å². The van der Waals surface area contributed by atoms with Crippen LogP contribution in [0.2, 0.25) is 0 Å². The third-order valence-corrected chi connectivity index (χ3v) is 5.99. The Morgan fingerprint density at radius 1 is 1.03 bits per heavy atom. The molecule has 1 unspecified atom stereocenters. The number of aromatic nitrogens is 1. The molecule has 32 heavy (non-hydrogen) atoms. The summed E-state index contributed by atoms with van der Waals surface area (Å²) in [5, 5.41) is 13.2. The Morgan fingerprint density at radius 3 is 2.19 bits per heavy atom. The summed E-state index contributed by atoms with van der Waals surface area (Å²) in [7, 11) is 0. The number of nitrogens with one attached hydrogen (secondary N) is 1. The average molecular weight is 466 g/mol. The van der Waals surface area contributed by atoms with Gasteiger partial charge in [0.05, 0.1) is 21.3 Å². The lowest BCUT2D eigenvalue weighted by molar-refractivity contribution is -0.0882. The van der Waals surface area contributed by atoms with Crippen LogP contribution >= 0.6 is 11.3 Å². The minimum atomic E-state index is -5.02. The highest BCUT2D eigenvalue weighted by Gasteiger charge is 2.40. The van der Waals surface area contributed by atoms with Crippen molar-refractivity contribution in [2.45, 2.75) is 45.3 Å². The molecule has 0 aliphatic heterocycles. The Morgan fingerprint density at radius 2 is 1.62 bits per heavy atom. The molecule has 3 rings (SSSR count). The zero-order valence-electron chi connectivity index (χ0n) is 17.7. The smallest absolute Gasteiger partial charge is 0.455 e. The summed E-state index contributed by atoms with van der Waals surface area (Å²) < 4.78 is 39.2. The molecular formula is C22H21F3N2O4S. The summed E-state index contributed by atoms with van der Waals surface area (Å²) in [6.45, 7) is 7.24. The number of para-hydroxylation sites is 1. The predicted octanol–water partition coefficient (Wildman–Crippen LogP) is 5.76. The molecule has 2 heterocycles. The molecule has 0 radical (unpaired) electrons. The molecule has 2 N–H and O–H groups in total. The van der Waals surface area contributed by atoms with E-state index in [1.54, 1.807) is 31.2 Å². The number of ketones is 1. The van der Waals surface area contributed by atoms with Crippen molar-refractivity contribution in [2.24, 2.45) is 0 Å². The quantitative estimate of drug-likeness (QED) is 0.479. The third kappa shape index (κ3) is 4.27. The molecule has 3 aromatic rings. The highest BCUT2D eigenvalue weighted by Crippen LogP contribution is 2.38. The highest BCUT2D eigenvalue weighted by molar-refractivity contribution is 7.16. The van der Waals surface area contributed by atoms with Crippen molar-refractivity contribution in [1.82, 2.24) is 9.88 Å². The third-order valence-electron chi connectivity index (χ3n) is 4.91. The van der Waals surface area contributed by atoms with Crippen LogP contribution in [0.25, 0.3) is 10.9 Å². The van der Waals surface area contributed by atoms with E-state index in [1.807, 2.05) is 20.8 Å². The second-order valence-corrected chi connectivity index (χ2v) is 9.42. The summed E-state index contributed by atoms with van der Waals surface area (Å²) in [4.78, 5) is 35.6. The van der Waals surface area contributed by atoms with E-state index in [-0.39, 0.29) is 4.88 Å². The van der Waals surface area contributed by atoms with Crippen LogP contribution in [0.3, 0.4) is 0 Å². The molecule has 0 saturated carbocycles. The number of carbonyl (C=O) groups is 3. The summed E-state index contributed by atoms with van der Waals surface area (Å²) in [6.07, 6.45) is -6.18. The van der Waals surface area contributed by atoms with E-state index < -0.39 is 40.3 Å². The molecule has 0 fully saturated rings. The van der Waals surface area contributed by atoms with Gasteiger partial charge in [-0.15, -0.1) is 11.3 Å². The first-order valence-electron chi connectivity index (χ1n) is 9.62. The van der Waals surface area contributed by atoms with Crippen molar-refractivity contribution in [3.8, 4) is 0 Å². The zero-order valence-corrected chi connectivity index (χ0v) is 18.5.